The fourth-order valence-electron chi connectivity index (χ4n) is 7.43. The number of halogens is 2. The number of carbonyl (C=O) groups excluding carboxylic acids is 2. The summed E-state index contributed by atoms with van der Waals surface area (Å²) in [6.07, 6.45) is 0.640. The van der Waals surface area contributed by atoms with Crippen molar-refractivity contribution in [2.75, 3.05) is 24.9 Å². The monoisotopic (exact) mass is 1210 g/mol. The molecule has 0 fully saturated rings. The predicted molar refractivity (Wildman–Crippen MR) is 284 cm³/mol. The van der Waals surface area contributed by atoms with E-state index >= 15 is 0 Å². The molecular formula is C52H42BaCl2N6O12S2. The first kappa shape index (κ1) is 57.9. The van der Waals surface area contributed by atoms with E-state index in [0.717, 1.165) is 12.1 Å². The summed E-state index contributed by atoms with van der Waals surface area (Å²) in [7, 11) is -6.14. The first-order valence-corrected chi connectivity index (χ1v) is 25.6. The van der Waals surface area contributed by atoms with Crippen molar-refractivity contribution in [1.29, 1.82) is 0 Å². The van der Waals surface area contributed by atoms with Crippen LogP contribution in [0.4, 0.5) is 34.1 Å². The SMILES string of the molecule is CCc1cc(S(=O)(=O)O)cc(Cl)c1N=Nc1c(O)c(C(=O)Nc2ccc(OC)cc2)cc2ccccc12.CCc1cc(S(=O)(=O)[O-])cc(Cl)c1N=Nc1c([O-])c(C(=O)Nc2ccc(OC)cc2)cc2ccccc12.[Ba+2]. The summed E-state index contributed by atoms with van der Waals surface area (Å²) < 4.78 is 77.1. The number of phenols is 1. The number of rotatable bonds is 14. The van der Waals surface area contributed by atoms with E-state index in [4.69, 9.17) is 32.7 Å². The maximum atomic E-state index is 13.4. The first-order valence-electron chi connectivity index (χ1n) is 22.0. The Balaban J connectivity index is 0.000000241. The fraction of sp³-hybridized carbons (Fsp3) is 0.115. The van der Waals surface area contributed by atoms with Crippen molar-refractivity contribution in [2.24, 2.45) is 20.5 Å². The Labute approximate surface area is 481 Å². The van der Waals surface area contributed by atoms with E-state index in [0.29, 0.717) is 68.4 Å². The Bertz CT molecular complexity index is 3530. The minimum absolute atomic E-state index is 0. The van der Waals surface area contributed by atoms with Crippen molar-refractivity contribution < 1.29 is 55.2 Å². The van der Waals surface area contributed by atoms with Crippen LogP contribution in [0.1, 0.15) is 45.7 Å². The van der Waals surface area contributed by atoms with Crippen LogP contribution in [0.2, 0.25) is 10.0 Å². The number of methoxy groups -OCH3 is 2. The van der Waals surface area contributed by atoms with E-state index in [1.165, 1.54) is 32.4 Å². The second kappa shape index (κ2) is 25.0. The number of anilines is 2. The molecule has 0 bridgehead atoms. The predicted octanol–water partition coefficient (Wildman–Crippen LogP) is 12.0. The molecule has 380 valence electrons. The van der Waals surface area contributed by atoms with Crippen LogP contribution >= 0.6 is 23.2 Å². The van der Waals surface area contributed by atoms with E-state index in [-0.39, 0.29) is 97.7 Å². The average Bonchev–Trinajstić information content (AvgIpc) is 3.38. The molecule has 4 N–H and O–H groups in total. The quantitative estimate of drug-likeness (QED) is 0.0449. The van der Waals surface area contributed by atoms with Gasteiger partial charge in [0.15, 0.2) is 5.75 Å². The Morgan fingerprint density at radius 3 is 1.44 bits per heavy atom. The molecule has 8 aromatic rings. The maximum absolute atomic E-state index is 13.4. The van der Waals surface area contributed by atoms with Gasteiger partial charge in [-0.05, 0) is 120 Å². The topological polar surface area (TPSA) is 281 Å². The van der Waals surface area contributed by atoms with Gasteiger partial charge in [-0.1, -0.05) is 91.3 Å². The number of hydrogen-bond donors (Lipinski definition) is 4. The van der Waals surface area contributed by atoms with Gasteiger partial charge in [-0.2, -0.15) is 13.5 Å². The third-order valence-corrected chi connectivity index (χ3v) is 13.5. The number of nitrogens with zero attached hydrogens (tertiary/aromatic N) is 4. The molecule has 0 aromatic heterocycles. The number of ether oxygens (including phenoxy) is 2. The van der Waals surface area contributed by atoms with Crippen LogP contribution in [0.15, 0.2) is 164 Å². The van der Waals surface area contributed by atoms with Gasteiger partial charge in [-0.25, -0.2) is 8.42 Å². The van der Waals surface area contributed by atoms with Gasteiger partial charge < -0.3 is 34.9 Å². The van der Waals surface area contributed by atoms with Crippen LogP contribution in [0.5, 0.6) is 23.0 Å². The second-order valence-electron chi connectivity index (χ2n) is 15.9. The van der Waals surface area contributed by atoms with E-state index in [2.05, 4.69) is 31.1 Å². The van der Waals surface area contributed by atoms with Crippen molar-refractivity contribution in [3.63, 3.8) is 0 Å². The van der Waals surface area contributed by atoms with Gasteiger partial charge in [0, 0.05) is 27.7 Å². The molecule has 0 spiro atoms. The Morgan fingerprint density at radius 1 is 0.587 bits per heavy atom. The van der Waals surface area contributed by atoms with Crippen molar-refractivity contribution in [3.8, 4) is 23.0 Å². The van der Waals surface area contributed by atoms with Crippen LogP contribution in [0, 0.1) is 0 Å². The molecule has 18 nitrogen and oxygen atoms in total. The number of aryl methyl sites for hydroxylation is 2. The normalized spacial score (nSPS) is 11.5. The second-order valence-corrected chi connectivity index (χ2v) is 19.5. The van der Waals surface area contributed by atoms with Crippen LogP contribution in [0.25, 0.3) is 21.5 Å². The van der Waals surface area contributed by atoms with Crippen LogP contribution in [-0.4, -0.2) is 106 Å². The smallest absolute Gasteiger partial charge is 0.870 e. The van der Waals surface area contributed by atoms with Crippen LogP contribution in [0.3, 0.4) is 0 Å². The molecule has 8 aromatic carbocycles. The third kappa shape index (κ3) is 13.7. The third-order valence-electron chi connectivity index (χ3n) is 11.2. The number of fused-ring (bicyclic) bond motifs is 2. The van der Waals surface area contributed by atoms with Crippen molar-refractivity contribution in [1.82, 2.24) is 0 Å². The molecule has 0 saturated carbocycles. The van der Waals surface area contributed by atoms with Crippen molar-refractivity contribution in [3.05, 3.63) is 166 Å². The number of benzene rings is 8. The molecule has 23 heteroatoms. The van der Waals surface area contributed by atoms with Gasteiger partial charge in [0.2, 0.25) is 0 Å². The molecule has 0 heterocycles. The van der Waals surface area contributed by atoms with Gasteiger partial charge in [-0.3, -0.25) is 14.1 Å². The van der Waals surface area contributed by atoms with Gasteiger partial charge in [0.1, 0.15) is 38.7 Å². The standard InChI is InChI=1S/2C26H22ClN3O6S.Ba/c2*1-3-15-12-19(37(33,34)35)14-22(27)23(15)29-30-24-20-7-5-4-6-16(20)13-21(25(24)31)26(32)28-17-8-10-18(36-2)11-9-17;/h2*4-14,31H,3H2,1-2H3,(H,28,32)(H,33,34,35);/q;;+2/p-2. The van der Waals surface area contributed by atoms with E-state index in [1.807, 2.05) is 0 Å². The molecule has 8 rings (SSSR count). The molecule has 0 aliphatic carbocycles. The summed E-state index contributed by atoms with van der Waals surface area (Å²) in [4.78, 5) is 25.2. The molecule has 0 saturated heterocycles. The van der Waals surface area contributed by atoms with Crippen LogP contribution < -0.4 is 25.2 Å². The van der Waals surface area contributed by atoms with E-state index in [9.17, 15) is 45.7 Å². The minimum atomic E-state index is -4.73. The van der Waals surface area contributed by atoms with Gasteiger partial charge >= 0.3 is 48.9 Å². The molecule has 0 aliphatic heterocycles. The number of nitrogens with one attached hydrogen (secondary N) is 2. The molecule has 75 heavy (non-hydrogen) atoms. The van der Waals surface area contributed by atoms with Crippen molar-refractivity contribution >= 4 is 160 Å². The molecule has 0 unspecified atom stereocenters. The minimum Gasteiger partial charge on any atom is -0.870 e. The summed E-state index contributed by atoms with van der Waals surface area (Å²) in [5.41, 5.74) is 1.82. The van der Waals surface area contributed by atoms with Gasteiger partial charge in [0.05, 0.1) is 45.3 Å². The van der Waals surface area contributed by atoms with Gasteiger partial charge in [-0.15, -0.1) is 15.3 Å². The number of amides is 2. The van der Waals surface area contributed by atoms with Crippen molar-refractivity contribution in [2.45, 2.75) is 36.5 Å². The molecule has 0 aliphatic rings. The Kier molecular flexibility index (Phi) is 19.3. The summed E-state index contributed by atoms with van der Waals surface area (Å²) in [6.45, 7) is 3.49. The zero-order valence-electron chi connectivity index (χ0n) is 40.2. The Hall–Kier alpha value is -6.41. The number of aromatic hydroxyl groups is 1. The zero-order valence-corrected chi connectivity index (χ0v) is 47.7. The van der Waals surface area contributed by atoms with Gasteiger partial charge in [0.25, 0.3) is 21.9 Å². The fourth-order valence-corrected chi connectivity index (χ4v) is 9.22. The number of carbonyl (C=O) groups is 2. The summed E-state index contributed by atoms with van der Waals surface area (Å²) in [5.74, 6) is -0.992. The van der Waals surface area contributed by atoms with E-state index in [1.54, 1.807) is 117 Å². The summed E-state index contributed by atoms with van der Waals surface area (Å²) in [6, 6.07) is 34.8. The number of phenolic OH excluding ortho intramolecular Hbond substituents is 1. The van der Waals surface area contributed by atoms with E-state index < -0.39 is 48.4 Å². The maximum Gasteiger partial charge on any atom is 2.00 e. The Morgan fingerprint density at radius 2 is 0.987 bits per heavy atom. The average molecular weight is 1220 g/mol. The summed E-state index contributed by atoms with van der Waals surface area (Å²) >= 11 is 12.5. The largest absolute Gasteiger partial charge is 2.00 e. The molecule has 2 amide bonds. The molecule has 0 atom stereocenters. The number of hydrogen-bond acceptors (Lipinski definition) is 15. The summed E-state index contributed by atoms with van der Waals surface area (Å²) in [5, 5.41) is 48.6. The van der Waals surface area contributed by atoms with Crippen LogP contribution in [-0.2, 0) is 33.1 Å². The zero-order chi connectivity index (χ0) is 53.5. The first-order chi connectivity index (χ1) is 35.2. The molecular weight excluding hydrogens is 1170 g/mol. The molecule has 0 radical (unpaired) electrons. The number of azo groups is 2.